The minimum Gasteiger partial charge on any atom is -0.546 e. The molecular weight excluding hydrogens is 392 g/mol. The molecule has 0 bridgehead atoms. The van der Waals surface area contributed by atoms with E-state index in [0.717, 1.165) is 11.3 Å². The van der Waals surface area contributed by atoms with E-state index in [1.54, 1.807) is 24.3 Å². The third kappa shape index (κ3) is 5.17. The monoisotopic (exact) mass is 411 g/mol. The molecule has 1 amide bonds. The molecule has 0 saturated carbocycles. The molecule has 1 fully saturated rings. The van der Waals surface area contributed by atoms with Gasteiger partial charge in [0.05, 0.1) is 23.7 Å². The van der Waals surface area contributed by atoms with E-state index < -0.39 is 12.1 Å². The highest BCUT2D eigenvalue weighted by molar-refractivity contribution is 8.18. The van der Waals surface area contributed by atoms with E-state index in [0.29, 0.717) is 21.4 Å². The predicted octanol–water partition coefficient (Wildman–Crippen LogP) is 2.41. The molecule has 150 valence electrons. The minimum absolute atomic E-state index is 0.244. The summed E-state index contributed by atoms with van der Waals surface area (Å²) in [7, 11) is 1.45. The minimum atomic E-state index is -1.32. The molecule has 7 nitrogen and oxygen atoms in total. The number of benzene rings is 2. The molecule has 0 radical (unpaired) electrons. The fourth-order valence-electron chi connectivity index (χ4n) is 2.56. The first-order valence-corrected chi connectivity index (χ1v) is 9.59. The number of nitrogens with one attached hydrogen (secondary N) is 1. The average Bonchev–Trinajstić information content (AvgIpc) is 3.01. The summed E-state index contributed by atoms with van der Waals surface area (Å²) in [5, 5.41) is 14.1. The number of amides is 1. The van der Waals surface area contributed by atoms with Gasteiger partial charge in [-0.15, -0.1) is 0 Å². The lowest BCUT2D eigenvalue weighted by Crippen LogP contribution is -2.37. The Balaban J connectivity index is 1.80. The van der Waals surface area contributed by atoms with Crippen molar-refractivity contribution < 1.29 is 24.2 Å². The second-order valence-electron chi connectivity index (χ2n) is 6.31. The lowest BCUT2D eigenvalue weighted by Gasteiger charge is -2.17. The van der Waals surface area contributed by atoms with Crippen molar-refractivity contribution in [3.8, 4) is 11.5 Å². The number of thioether (sulfide) groups is 1. The first kappa shape index (κ1) is 20.5. The molecule has 2 aromatic rings. The second-order valence-corrected chi connectivity index (χ2v) is 7.34. The first-order chi connectivity index (χ1) is 13.9. The number of aliphatic carboxylic acids is 1. The van der Waals surface area contributed by atoms with E-state index in [4.69, 9.17) is 9.47 Å². The quantitative estimate of drug-likeness (QED) is 0.733. The van der Waals surface area contributed by atoms with Crippen LogP contribution >= 0.6 is 11.8 Å². The van der Waals surface area contributed by atoms with Gasteiger partial charge in [-0.25, -0.2) is 4.99 Å². The number of methoxy groups -OCH3 is 1. The van der Waals surface area contributed by atoms with Crippen LogP contribution in [-0.4, -0.2) is 30.3 Å². The summed E-state index contributed by atoms with van der Waals surface area (Å²) in [5.74, 6) is -0.940. The van der Waals surface area contributed by atoms with Crippen molar-refractivity contribution in [2.45, 2.75) is 20.0 Å². The Morgan fingerprint density at radius 2 is 2.03 bits per heavy atom. The van der Waals surface area contributed by atoms with Crippen molar-refractivity contribution in [1.29, 1.82) is 0 Å². The topological polar surface area (TPSA) is 100 Å². The third-order valence-electron chi connectivity index (χ3n) is 4.00. The zero-order valence-corrected chi connectivity index (χ0v) is 16.9. The van der Waals surface area contributed by atoms with Gasteiger partial charge in [0.25, 0.3) is 5.91 Å². The largest absolute Gasteiger partial charge is 0.546 e. The summed E-state index contributed by atoms with van der Waals surface area (Å²) in [6.07, 6.45) is 0.581. The van der Waals surface area contributed by atoms with Gasteiger partial charge in [0.15, 0.2) is 16.7 Å². The predicted molar refractivity (Wildman–Crippen MR) is 110 cm³/mol. The Kier molecular flexibility index (Phi) is 6.23. The van der Waals surface area contributed by atoms with Gasteiger partial charge < -0.3 is 24.7 Å². The fourth-order valence-corrected chi connectivity index (χ4v) is 3.40. The number of amidine groups is 1. The Morgan fingerprint density at radius 1 is 1.24 bits per heavy atom. The van der Waals surface area contributed by atoms with Gasteiger partial charge in [-0.05, 0) is 67.1 Å². The summed E-state index contributed by atoms with van der Waals surface area (Å²) in [4.78, 5) is 28.1. The number of nitrogens with zero attached hydrogens (tertiary/aromatic N) is 1. The van der Waals surface area contributed by atoms with Crippen LogP contribution in [0.2, 0.25) is 0 Å². The van der Waals surface area contributed by atoms with Crippen LogP contribution in [0.3, 0.4) is 0 Å². The number of hydrogen-bond donors (Lipinski definition) is 1. The van der Waals surface area contributed by atoms with E-state index in [2.05, 4.69) is 10.3 Å². The normalized spacial score (nSPS) is 17.3. The lowest BCUT2D eigenvalue weighted by molar-refractivity contribution is -0.312. The molecule has 1 aliphatic heterocycles. The highest BCUT2D eigenvalue weighted by Crippen LogP contribution is 2.32. The molecule has 3 rings (SSSR count). The van der Waals surface area contributed by atoms with Crippen LogP contribution in [0.25, 0.3) is 6.08 Å². The second kappa shape index (κ2) is 8.83. The highest BCUT2D eigenvalue weighted by atomic mass is 32.2. The van der Waals surface area contributed by atoms with Gasteiger partial charge in [-0.2, -0.15) is 0 Å². The maximum atomic E-state index is 12.3. The molecule has 1 atom stereocenters. The molecule has 0 aliphatic carbocycles. The highest BCUT2D eigenvalue weighted by Gasteiger charge is 2.24. The smallest absolute Gasteiger partial charge is 0.264 e. The molecule has 1 aliphatic rings. The lowest BCUT2D eigenvalue weighted by atomic mass is 10.2. The average molecular weight is 411 g/mol. The fraction of sp³-hybridized carbons (Fsp3) is 0.190. The standard InChI is InChI=1S/C21H20N2O5S/c1-12-5-4-6-15(9-12)22-21-23-19(24)18(29-21)11-14-7-8-16(17(10-14)27-3)28-13(2)20(25)26/h4-11,13H,1-3H3,(H,25,26)(H,22,23,24)/p-1/b18-11-/t13-/m1/s1. The van der Waals surface area contributed by atoms with Crippen molar-refractivity contribution in [2.24, 2.45) is 4.99 Å². The molecule has 1 heterocycles. The Labute approximate surface area is 172 Å². The summed E-state index contributed by atoms with van der Waals surface area (Å²) >= 11 is 1.24. The van der Waals surface area contributed by atoms with Crippen LogP contribution in [0, 0.1) is 6.92 Å². The third-order valence-corrected chi connectivity index (χ3v) is 4.91. The first-order valence-electron chi connectivity index (χ1n) is 8.77. The summed E-state index contributed by atoms with van der Waals surface area (Å²) < 4.78 is 10.6. The zero-order valence-electron chi connectivity index (χ0n) is 16.1. The maximum Gasteiger partial charge on any atom is 0.264 e. The number of aliphatic imine (C=N–C) groups is 1. The number of ether oxygens (including phenoxy) is 2. The van der Waals surface area contributed by atoms with Crippen LogP contribution in [-0.2, 0) is 9.59 Å². The molecule has 1 saturated heterocycles. The van der Waals surface area contributed by atoms with Gasteiger partial charge in [-0.3, -0.25) is 4.79 Å². The summed E-state index contributed by atoms with van der Waals surface area (Å²) in [6, 6.07) is 12.6. The van der Waals surface area contributed by atoms with Crippen molar-refractivity contribution >= 4 is 40.6 Å². The number of rotatable bonds is 6. The van der Waals surface area contributed by atoms with E-state index in [9.17, 15) is 14.7 Å². The molecule has 2 aromatic carbocycles. The van der Waals surface area contributed by atoms with Crippen LogP contribution in [0.15, 0.2) is 52.4 Å². The molecule has 0 unspecified atom stereocenters. The number of carbonyl (C=O) groups is 2. The van der Waals surface area contributed by atoms with Crippen LogP contribution in [0.1, 0.15) is 18.1 Å². The Bertz CT molecular complexity index is 1020. The zero-order chi connectivity index (χ0) is 21.0. The molecule has 8 heteroatoms. The Hall–Kier alpha value is -3.26. The van der Waals surface area contributed by atoms with Crippen molar-refractivity contribution in [2.75, 3.05) is 7.11 Å². The van der Waals surface area contributed by atoms with Gasteiger partial charge in [-0.1, -0.05) is 18.2 Å². The molecule has 1 N–H and O–H groups in total. The number of hydrogen-bond acceptors (Lipinski definition) is 7. The van der Waals surface area contributed by atoms with Gasteiger partial charge in [0, 0.05) is 0 Å². The van der Waals surface area contributed by atoms with E-state index in [1.807, 2.05) is 31.2 Å². The van der Waals surface area contributed by atoms with Gasteiger partial charge in [0.1, 0.15) is 6.10 Å². The summed E-state index contributed by atoms with van der Waals surface area (Å²) in [6.45, 7) is 3.35. The molecular formula is C21H19N2O5S-. The van der Waals surface area contributed by atoms with Crippen LogP contribution in [0.5, 0.6) is 11.5 Å². The van der Waals surface area contributed by atoms with E-state index in [1.165, 1.54) is 25.8 Å². The number of carbonyl (C=O) groups excluding carboxylic acids is 2. The SMILES string of the molecule is COc1cc(/C=C2\SC(=Nc3cccc(C)c3)NC2=O)ccc1O[C@H](C)C(=O)[O-]. The van der Waals surface area contributed by atoms with Gasteiger partial charge in [0.2, 0.25) is 0 Å². The molecule has 29 heavy (non-hydrogen) atoms. The van der Waals surface area contributed by atoms with Crippen LogP contribution in [0.4, 0.5) is 5.69 Å². The van der Waals surface area contributed by atoms with Crippen LogP contribution < -0.4 is 19.9 Å². The maximum absolute atomic E-state index is 12.3. The number of carboxylic acids is 1. The number of carboxylic acid groups (broad SMARTS) is 1. The van der Waals surface area contributed by atoms with Crippen molar-refractivity contribution in [3.05, 3.63) is 58.5 Å². The van der Waals surface area contributed by atoms with E-state index in [-0.39, 0.29) is 11.7 Å². The molecule has 0 aromatic heterocycles. The Morgan fingerprint density at radius 3 is 2.72 bits per heavy atom. The van der Waals surface area contributed by atoms with Gasteiger partial charge >= 0.3 is 0 Å². The van der Waals surface area contributed by atoms with Crippen molar-refractivity contribution in [3.63, 3.8) is 0 Å². The summed E-state index contributed by atoms with van der Waals surface area (Å²) in [5.41, 5.74) is 2.54. The van der Waals surface area contributed by atoms with E-state index >= 15 is 0 Å². The number of aryl methyl sites for hydroxylation is 1. The van der Waals surface area contributed by atoms with Crippen molar-refractivity contribution in [1.82, 2.24) is 5.32 Å². The molecule has 0 spiro atoms.